The van der Waals surface area contributed by atoms with E-state index < -0.39 is 6.10 Å². The zero-order valence-electron chi connectivity index (χ0n) is 9.99. The number of nitrogens with one attached hydrogen (secondary N) is 1. The molecule has 0 saturated heterocycles. The van der Waals surface area contributed by atoms with Crippen molar-refractivity contribution >= 4 is 0 Å². The summed E-state index contributed by atoms with van der Waals surface area (Å²) in [6, 6.07) is 5.62. The second kappa shape index (κ2) is 6.48. The van der Waals surface area contributed by atoms with E-state index in [2.05, 4.69) is 5.32 Å². The Labute approximate surface area is 96.2 Å². The molecule has 0 amide bonds. The van der Waals surface area contributed by atoms with Crippen molar-refractivity contribution < 1.29 is 14.6 Å². The van der Waals surface area contributed by atoms with Crippen molar-refractivity contribution in [2.75, 3.05) is 27.8 Å². The average Bonchev–Trinajstić information content (AvgIpc) is 2.29. The molecule has 1 rings (SSSR count). The van der Waals surface area contributed by atoms with Crippen molar-refractivity contribution in [3.8, 4) is 5.75 Å². The standard InChI is InChI=1S/C12H19NO3/c1-13-7-11(14)9-4-5-12(16-3)10(6-9)8-15-2/h4-6,11,13-14H,7-8H2,1-3H3. The fourth-order valence-electron chi connectivity index (χ4n) is 1.59. The summed E-state index contributed by atoms with van der Waals surface area (Å²) in [5.41, 5.74) is 1.81. The van der Waals surface area contributed by atoms with Gasteiger partial charge in [-0.15, -0.1) is 0 Å². The van der Waals surface area contributed by atoms with E-state index in [0.717, 1.165) is 16.9 Å². The third-order valence-electron chi connectivity index (χ3n) is 2.39. The molecule has 1 aromatic rings. The molecule has 0 aromatic heterocycles. The van der Waals surface area contributed by atoms with Crippen LogP contribution in [0.1, 0.15) is 17.2 Å². The molecule has 16 heavy (non-hydrogen) atoms. The minimum atomic E-state index is -0.508. The van der Waals surface area contributed by atoms with Crippen LogP contribution in [0.3, 0.4) is 0 Å². The predicted octanol–water partition coefficient (Wildman–Crippen LogP) is 1.09. The van der Waals surface area contributed by atoms with E-state index >= 15 is 0 Å². The Balaban J connectivity index is 2.91. The van der Waals surface area contributed by atoms with Crippen LogP contribution in [0.15, 0.2) is 18.2 Å². The first-order valence-electron chi connectivity index (χ1n) is 5.21. The Morgan fingerprint density at radius 1 is 1.38 bits per heavy atom. The normalized spacial score (nSPS) is 12.5. The van der Waals surface area contributed by atoms with E-state index in [1.54, 1.807) is 14.2 Å². The number of benzene rings is 1. The fraction of sp³-hybridized carbons (Fsp3) is 0.500. The van der Waals surface area contributed by atoms with Gasteiger partial charge in [-0.2, -0.15) is 0 Å². The second-order valence-electron chi connectivity index (χ2n) is 3.58. The molecule has 0 aliphatic rings. The van der Waals surface area contributed by atoms with Gasteiger partial charge < -0.3 is 19.9 Å². The Hall–Kier alpha value is -1.10. The van der Waals surface area contributed by atoms with Crippen molar-refractivity contribution in [3.05, 3.63) is 29.3 Å². The van der Waals surface area contributed by atoms with Crippen LogP contribution in [0, 0.1) is 0 Å². The van der Waals surface area contributed by atoms with Gasteiger partial charge in [0.2, 0.25) is 0 Å². The van der Waals surface area contributed by atoms with Crippen LogP contribution in [-0.4, -0.2) is 32.9 Å². The van der Waals surface area contributed by atoms with E-state index in [0.29, 0.717) is 13.2 Å². The van der Waals surface area contributed by atoms with Crippen molar-refractivity contribution in [3.63, 3.8) is 0 Å². The molecule has 0 saturated carbocycles. The minimum Gasteiger partial charge on any atom is -0.496 e. The number of hydrogen-bond donors (Lipinski definition) is 2. The molecule has 1 atom stereocenters. The van der Waals surface area contributed by atoms with E-state index in [1.165, 1.54) is 0 Å². The molecule has 0 aliphatic carbocycles. The van der Waals surface area contributed by atoms with Crippen molar-refractivity contribution in [2.24, 2.45) is 0 Å². The largest absolute Gasteiger partial charge is 0.496 e. The summed E-state index contributed by atoms with van der Waals surface area (Å²) < 4.78 is 10.3. The number of ether oxygens (including phenoxy) is 2. The maximum Gasteiger partial charge on any atom is 0.124 e. The Kier molecular flexibility index (Phi) is 5.25. The van der Waals surface area contributed by atoms with Gasteiger partial charge in [0.1, 0.15) is 5.75 Å². The first-order valence-corrected chi connectivity index (χ1v) is 5.21. The SMILES string of the molecule is CNCC(O)c1ccc(OC)c(COC)c1. The highest BCUT2D eigenvalue weighted by molar-refractivity contribution is 5.37. The van der Waals surface area contributed by atoms with Crippen LogP contribution in [0.4, 0.5) is 0 Å². The van der Waals surface area contributed by atoms with Crippen LogP contribution in [0.5, 0.6) is 5.75 Å². The van der Waals surface area contributed by atoms with Crippen LogP contribution in [0.25, 0.3) is 0 Å². The lowest BCUT2D eigenvalue weighted by atomic mass is 10.1. The van der Waals surface area contributed by atoms with Crippen LogP contribution in [-0.2, 0) is 11.3 Å². The van der Waals surface area contributed by atoms with Crippen LogP contribution < -0.4 is 10.1 Å². The number of methoxy groups -OCH3 is 2. The molecular weight excluding hydrogens is 206 g/mol. The first-order chi connectivity index (χ1) is 7.72. The van der Waals surface area contributed by atoms with Gasteiger partial charge in [-0.25, -0.2) is 0 Å². The quantitative estimate of drug-likeness (QED) is 0.761. The van der Waals surface area contributed by atoms with Gasteiger partial charge >= 0.3 is 0 Å². The van der Waals surface area contributed by atoms with Crippen molar-refractivity contribution in [1.29, 1.82) is 0 Å². The van der Waals surface area contributed by atoms with Gasteiger partial charge in [0, 0.05) is 19.2 Å². The molecule has 0 spiro atoms. The molecule has 90 valence electrons. The van der Waals surface area contributed by atoms with Crippen molar-refractivity contribution in [1.82, 2.24) is 5.32 Å². The molecule has 4 nitrogen and oxygen atoms in total. The van der Waals surface area contributed by atoms with E-state index in [9.17, 15) is 5.11 Å². The summed E-state index contributed by atoms with van der Waals surface area (Å²) in [7, 11) is 5.07. The third-order valence-corrected chi connectivity index (χ3v) is 2.39. The highest BCUT2D eigenvalue weighted by atomic mass is 16.5. The van der Waals surface area contributed by atoms with E-state index in [4.69, 9.17) is 9.47 Å². The van der Waals surface area contributed by atoms with Crippen molar-refractivity contribution in [2.45, 2.75) is 12.7 Å². The molecule has 4 heteroatoms. The number of aliphatic hydroxyl groups excluding tert-OH is 1. The Bertz CT molecular complexity index is 328. The Morgan fingerprint density at radius 2 is 2.12 bits per heavy atom. The average molecular weight is 225 g/mol. The summed E-state index contributed by atoms with van der Waals surface area (Å²) in [5.74, 6) is 0.780. The molecule has 0 aliphatic heterocycles. The monoisotopic (exact) mass is 225 g/mol. The molecule has 0 heterocycles. The number of likely N-dealkylation sites (N-methyl/N-ethyl adjacent to an activating group) is 1. The minimum absolute atomic E-state index is 0.475. The smallest absolute Gasteiger partial charge is 0.124 e. The molecule has 1 aromatic carbocycles. The van der Waals surface area contributed by atoms with Gasteiger partial charge in [-0.1, -0.05) is 6.07 Å². The second-order valence-corrected chi connectivity index (χ2v) is 3.58. The van der Waals surface area contributed by atoms with E-state index in [-0.39, 0.29) is 0 Å². The Morgan fingerprint density at radius 3 is 2.69 bits per heavy atom. The zero-order valence-corrected chi connectivity index (χ0v) is 9.99. The molecule has 0 bridgehead atoms. The fourth-order valence-corrected chi connectivity index (χ4v) is 1.59. The lowest BCUT2D eigenvalue weighted by molar-refractivity contribution is 0.173. The lowest BCUT2D eigenvalue weighted by Gasteiger charge is -2.14. The van der Waals surface area contributed by atoms with Gasteiger partial charge in [0.05, 0.1) is 19.8 Å². The van der Waals surface area contributed by atoms with Crippen LogP contribution >= 0.6 is 0 Å². The summed E-state index contributed by atoms with van der Waals surface area (Å²) in [6.07, 6.45) is -0.508. The number of rotatable bonds is 6. The predicted molar refractivity (Wildman–Crippen MR) is 62.6 cm³/mol. The summed E-state index contributed by atoms with van der Waals surface area (Å²) in [5, 5.41) is 12.8. The van der Waals surface area contributed by atoms with Gasteiger partial charge in [0.25, 0.3) is 0 Å². The lowest BCUT2D eigenvalue weighted by Crippen LogP contribution is -2.16. The van der Waals surface area contributed by atoms with Gasteiger partial charge in [-0.05, 0) is 24.7 Å². The topological polar surface area (TPSA) is 50.7 Å². The summed E-state index contributed by atoms with van der Waals surface area (Å²) in [6.45, 7) is 1.00. The highest BCUT2D eigenvalue weighted by Crippen LogP contribution is 2.23. The molecule has 2 N–H and O–H groups in total. The molecule has 1 unspecified atom stereocenters. The molecule has 0 fully saturated rings. The molecular formula is C12H19NO3. The zero-order chi connectivity index (χ0) is 12.0. The highest BCUT2D eigenvalue weighted by Gasteiger charge is 2.10. The maximum atomic E-state index is 9.83. The van der Waals surface area contributed by atoms with Gasteiger partial charge in [-0.3, -0.25) is 0 Å². The summed E-state index contributed by atoms with van der Waals surface area (Å²) in [4.78, 5) is 0. The number of aliphatic hydroxyl groups is 1. The van der Waals surface area contributed by atoms with Crippen LogP contribution in [0.2, 0.25) is 0 Å². The van der Waals surface area contributed by atoms with Gasteiger partial charge in [0.15, 0.2) is 0 Å². The first kappa shape index (κ1) is 13.0. The summed E-state index contributed by atoms with van der Waals surface area (Å²) >= 11 is 0. The molecule has 0 radical (unpaired) electrons. The number of hydrogen-bond acceptors (Lipinski definition) is 4. The maximum absolute atomic E-state index is 9.83. The third kappa shape index (κ3) is 3.20. The van der Waals surface area contributed by atoms with E-state index in [1.807, 2.05) is 25.2 Å².